The van der Waals surface area contributed by atoms with Crippen molar-refractivity contribution in [3.05, 3.63) is 0 Å². The van der Waals surface area contributed by atoms with E-state index in [9.17, 15) is 58.2 Å². The van der Waals surface area contributed by atoms with Crippen molar-refractivity contribution in [2.75, 3.05) is 19.2 Å². The van der Waals surface area contributed by atoms with Crippen LogP contribution < -0.4 is 26.7 Å². The summed E-state index contributed by atoms with van der Waals surface area (Å²) in [6.45, 7) is 9.34. The maximum absolute atomic E-state index is 13.9. The molecule has 1 aliphatic heterocycles. The minimum Gasteiger partial charge on any atom is -0.481 e. The van der Waals surface area contributed by atoms with Crippen molar-refractivity contribution in [2.45, 2.75) is 110 Å². The molecule has 1 aliphatic rings. The Labute approximate surface area is 322 Å². The molecule has 21 nitrogen and oxygen atoms in total. The third-order valence-corrected chi connectivity index (χ3v) is 8.56. The van der Waals surface area contributed by atoms with Gasteiger partial charge in [0.1, 0.15) is 30.2 Å². The number of carbonyl (C=O) groups is 10. The van der Waals surface area contributed by atoms with Gasteiger partial charge in [0.2, 0.25) is 29.5 Å². The van der Waals surface area contributed by atoms with Crippen LogP contribution in [-0.2, 0) is 47.9 Å². The van der Waals surface area contributed by atoms with Crippen LogP contribution in [0.3, 0.4) is 0 Å². The van der Waals surface area contributed by atoms with Crippen LogP contribution in [0, 0.1) is 17.8 Å². The smallest absolute Gasteiger partial charge is 0.429 e. The molecule has 1 heterocycles. The number of carboxylic acids is 3. The Bertz CT molecular complexity index is 1430. The van der Waals surface area contributed by atoms with Gasteiger partial charge in [-0.1, -0.05) is 46.2 Å². The Kier molecular flexibility index (Phi) is 19.9. The molecule has 310 valence electrons. The topological polar surface area (TPSA) is 307 Å². The molecule has 5 atom stereocenters. The van der Waals surface area contributed by atoms with Gasteiger partial charge < -0.3 is 46.2 Å². The standard InChI is InChI=1S/C33H52ClN7O14/c1-7-12-41(33(54)55-15-34)39-28(47)22-9-8-13-40(22)30(49)25(17(4)5)38-29(48)24(16(2)3)37-27(46)21(14-19(31(50)51)32(52)53)36-26(45)20(35-18(6)42)10-11-23(43)44/h16-17,19-22,24-25H,7-15H2,1-6H3,(H,35,42)(H,36,45)(H,37,46)(H,38,48)(H,39,47)(H,43,44)(H,50,51)(H,52,53)/t20-,21+,22-,24-,25-/m0/s1. The lowest BCUT2D eigenvalue weighted by Crippen LogP contribution is -2.61. The summed E-state index contributed by atoms with van der Waals surface area (Å²) < 4.78 is 4.76. The number of hydrazine groups is 1. The number of nitrogens with one attached hydrogen (secondary N) is 5. The predicted octanol–water partition coefficient (Wildman–Crippen LogP) is -0.635. The average molecular weight is 806 g/mol. The van der Waals surface area contributed by atoms with Gasteiger partial charge in [-0.15, -0.1) is 0 Å². The van der Waals surface area contributed by atoms with E-state index in [1.807, 2.05) is 0 Å². The molecule has 55 heavy (non-hydrogen) atoms. The first-order valence-corrected chi connectivity index (χ1v) is 18.2. The fraction of sp³-hybridized carbons (Fsp3) is 0.697. The van der Waals surface area contributed by atoms with Crippen LogP contribution in [-0.4, -0.2) is 134 Å². The van der Waals surface area contributed by atoms with Gasteiger partial charge in [0.15, 0.2) is 12.0 Å². The SMILES string of the molecule is CCCN(NC(=O)[C@@H]1CCCN1C(=O)[C@@H](NC(=O)[C@@H](NC(=O)[C@@H](CC(C(=O)O)C(=O)O)NC(=O)[C@H](CCC(=O)O)NC(C)=O)C(C)C)C(C)C)C(=O)OCCl. The lowest BCUT2D eigenvalue weighted by Gasteiger charge is -2.33. The highest BCUT2D eigenvalue weighted by molar-refractivity contribution is 6.17. The summed E-state index contributed by atoms with van der Waals surface area (Å²) in [6, 6.07) is -7.58. The molecule has 0 saturated carbocycles. The van der Waals surface area contributed by atoms with Crippen molar-refractivity contribution in [2.24, 2.45) is 17.8 Å². The Morgan fingerprint density at radius 3 is 1.87 bits per heavy atom. The maximum Gasteiger partial charge on any atom is 0.429 e. The number of carbonyl (C=O) groups excluding carboxylic acids is 7. The summed E-state index contributed by atoms with van der Waals surface area (Å²) in [5.74, 6) is -13.7. The van der Waals surface area contributed by atoms with E-state index in [4.69, 9.17) is 21.4 Å². The molecule has 0 aromatic rings. The lowest BCUT2D eigenvalue weighted by atomic mass is 9.96. The number of alkyl halides is 1. The fourth-order valence-electron chi connectivity index (χ4n) is 5.60. The van der Waals surface area contributed by atoms with Crippen molar-refractivity contribution in [1.82, 2.24) is 36.6 Å². The molecule has 0 unspecified atom stereocenters. The highest BCUT2D eigenvalue weighted by atomic mass is 35.5. The predicted molar refractivity (Wildman–Crippen MR) is 190 cm³/mol. The minimum absolute atomic E-state index is 0.0908. The monoisotopic (exact) mass is 805 g/mol. The Morgan fingerprint density at radius 1 is 0.818 bits per heavy atom. The Balaban J connectivity index is 3.35. The van der Waals surface area contributed by atoms with Crippen LogP contribution in [0.5, 0.6) is 0 Å². The molecule has 0 bridgehead atoms. The third-order valence-electron chi connectivity index (χ3n) is 8.45. The molecule has 0 spiro atoms. The summed E-state index contributed by atoms with van der Waals surface area (Å²) in [5, 5.41) is 38.4. The number of likely N-dealkylation sites (tertiary alicyclic amines) is 1. The zero-order valence-corrected chi connectivity index (χ0v) is 32.3. The Morgan fingerprint density at radius 2 is 1.38 bits per heavy atom. The highest BCUT2D eigenvalue weighted by Crippen LogP contribution is 2.21. The van der Waals surface area contributed by atoms with Gasteiger partial charge >= 0.3 is 24.0 Å². The molecule has 1 saturated heterocycles. The molecule has 1 rings (SSSR count). The number of ether oxygens (including phenoxy) is 1. The number of aliphatic carboxylic acids is 3. The summed E-state index contributed by atoms with van der Waals surface area (Å²) in [6.07, 6.45) is -1.81. The largest absolute Gasteiger partial charge is 0.481 e. The number of carboxylic acid groups (broad SMARTS) is 3. The summed E-state index contributed by atoms with van der Waals surface area (Å²) >= 11 is 5.49. The molecule has 0 radical (unpaired) electrons. The van der Waals surface area contributed by atoms with Gasteiger partial charge in [-0.05, 0) is 37.5 Å². The Hall–Kier alpha value is -5.21. The molecular formula is C33H52ClN7O14. The second kappa shape index (κ2) is 22.9. The number of amides is 7. The molecule has 1 fully saturated rings. The zero-order chi connectivity index (χ0) is 42.2. The van der Waals surface area contributed by atoms with Crippen molar-refractivity contribution < 1.29 is 68.0 Å². The second-order valence-electron chi connectivity index (χ2n) is 13.5. The van der Waals surface area contributed by atoms with Crippen molar-refractivity contribution >= 4 is 71.0 Å². The van der Waals surface area contributed by atoms with Crippen LogP contribution in [0.25, 0.3) is 0 Å². The summed E-state index contributed by atoms with van der Waals surface area (Å²) in [4.78, 5) is 128. The van der Waals surface area contributed by atoms with E-state index in [-0.39, 0.29) is 19.5 Å². The fourth-order valence-corrected chi connectivity index (χ4v) is 5.70. The summed E-state index contributed by atoms with van der Waals surface area (Å²) in [7, 11) is 0. The number of halogens is 1. The van der Waals surface area contributed by atoms with Crippen LogP contribution in [0.15, 0.2) is 0 Å². The number of nitrogens with zero attached hydrogens (tertiary/aromatic N) is 2. The first kappa shape index (κ1) is 47.8. The molecule has 7 amide bonds. The van der Waals surface area contributed by atoms with Crippen LogP contribution in [0.2, 0.25) is 0 Å². The van der Waals surface area contributed by atoms with E-state index in [0.29, 0.717) is 12.8 Å². The van der Waals surface area contributed by atoms with E-state index in [1.165, 1.54) is 18.7 Å². The third kappa shape index (κ3) is 15.2. The molecule has 0 aliphatic carbocycles. The molecule has 0 aromatic carbocycles. The van der Waals surface area contributed by atoms with Gasteiger partial charge in [-0.3, -0.25) is 48.6 Å². The van der Waals surface area contributed by atoms with E-state index >= 15 is 0 Å². The molecular weight excluding hydrogens is 754 g/mol. The number of hydrogen-bond donors (Lipinski definition) is 8. The van der Waals surface area contributed by atoms with Gasteiger partial charge in [-0.25, -0.2) is 9.80 Å². The quantitative estimate of drug-likeness (QED) is 0.0407. The van der Waals surface area contributed by atoms with Gasteiger partial charge in [0, 0.05) is 32.9 Å². The first-order valence-electron chi connectivity index (χ1n) is 17.6. The van der Waals surface area contributed by atoms with E-state index in [2.05, 4.69) is 26.7 Å². The summed E-state index contributed by atoms with van der Waals surface area (Å²) in [5.41, 5.74) is 2.45. The van der Waals surface area contributed by atoms with E-state index in [0.717, 1.165) is 11.9 Å². The normalized spacial score (nSPS) is 16.0. The van der Waals surface area contributed by atoms with Crippen molar-refractivity contribution in [3.8, 4) is 0 Å². The van der Waals surface area contributed by atoms with E-state index < -0.39 is 133 Å². The molecule has 22 heteroatoms. The van der Waals surface area contributed by atoms with Crippen molar-refractivity contribution in [3.63, 3.8) is 0 Å². The van der Waals surface area contributed by atoms with Crippen LogP contribution in [0.4, 0.5) is 4.79 Å². The highest BCUT2D eigenvalue weighted by Gasteiger charge is 2.41. The zero-order valence-electron chi connectivity index (χ0n) is 31.6. The van der Waals surface area contributed by atoms with Crippen LogP contribution >= 0.6 is 11.6 Å². The maximum atomic E-state index is 13.9. The van der Waals surface area contributed by atoms with Crippen LogP contribution in [0.1, 0.15) is 80.1 Å². The minimum atomic E-state index is -2.21. The number of rotatable bonds is 21. The first-order chi connectivity index (χ1) is 25.7. The lowest BCUT2D eigenvalue weighted by molar-refractivity contribution is -0.156. The van der Waals surface area contributed by atoms with Gasteiger partial charge in [0.25, 0.3) is 5.91 Å². The average Bonchev–Trinajstić information content (AvgIpc) is 3.58. The van der Waals surface area contributed by atoms with Gasteiger partial charge in [-0.2, -0.15) is 0 Å². The molecule has 8 N–H and O–H groups in total. The molecule has 0 aromatic heterocycles. The van der Waals surface area contributed by atoms with E-state index in [1.54, 1.807) is 20.8 Å². The second-order valence-corrected chi connectivity index (χ2v) is 13.7. The van der Waals surface area contributed by atoms with Gasteiger partial charge in [0.05, 0.1) is 0 Å². The van der Waals surface area contributed by atoms with Crippen molar-refractivity contribution in [1.29, 1.82) is 0 Å². The number of hydrogen-bond acceptors (Lipinski definition) is 11.